The van der Waals surface area contributed by atoms with Crippen LogP contribution in [-0.2, 0) is 16.0 Å². The van der Waals surface area contributed by atoms with Crippen LogP contribution in [0.15, 0.2) is 18.2 Å². The molecule has 0 aromatic heterocycles. The van der Waals surface area contributed by atoms with Gasteiger partial charge in [0.25, 0.3) is 5.91 Å². The molecular weight excluding hydrogens is 218 g/mol. The molecule has 1 aliphatic rings. The smallest absolute Gasteiger partial charge is 0.267 e. The number of amides is 1. The molecule has 2 rings (SSSR count). The van der Waals surface area contributed by atoms with Crippen molar-refractivity contribution in [1.29, 1.82) is 0 Å². The third-order valence-corrected chi connectivity index (χ3v) is 2.82. The van der Waals surface area contributed by atoms with Crippen molar-refractivity contribution in [2.45, 2.75) is 26.4 Å². The molecule has 0 N–H and O–H groups in total. The average molecular weight is 233 g/mol. The predicted octanol–water partition coefficient (Wildman–Crippen LogP) is 1.56. The van der Waals surface area contributed by atoms with Crippen LogP contribution in [0, 0.1) is 0 Å². The molecule has 17 heavy (non-hydrogen) atoms. The first-order chi connectivity index (χ1) is 7.99. The minimum Gasteiger partial charge on any atom is -0.479 e. The Morgan fingerprint density at radius 2 is 2.18 bits per heavy atom. The maximum Gasteiger partial charge on any atom is 0.267 e. The van der Waals surface area contributed by atoms with Gasteiger partial charge in [-0.2, -0.15) is 0 Å². The number of benzene rings is 1. The van der Waals surface area contributed by atoms with Crippen molar-refractivity contribution in [3.63, 3.8) is 0 Å². The highest BCUT2D eigenvalue weighted by Crippen LogP contribution is 2.33. The highest BCUT2D eigenvalue weighted by Gasteiger charge is 2.28. The van der Waals surface area contributed by atoms with Gasteiger partial charge in [0, 0.05) is 13.5 Å². The summed E-state index contributed by atoms with van der Waals surface area (Å²) in [5.74, 6) is 0.716. The van der Waals surface area contributed by atoms with Crippen molar-refractivity contribution in [3.05, 3.63) is 23.8 Å². The summed E-state index contributed by atoms with van der Waals surface area (Å²) < 4.78 is 5.53. The van der Waals surface area contributed by atoms with E-state index in [1.165, 1.54) is 0 Å². The Kier molecular flexibility index (Phi) is 2.88. The molecule has 1 heterocycles. The van der Waals surface area contributed by atoms with Crippen LogP contribution in [0.25, 0.3) is 0 Å². The topological polar surface area (TPSA) is 46.6 Å². The second-order valence-corrected chi connectivity index (χ2v) is 4.34. The number of hydrogen-bond donors (Lipinski definition) is 0. The number of carbonyl (C=O) groups excluding carboxylic acids is 2. The van der Waals surface area contributed by atoms with E-state index >= 15 is 0 Å². The minimum atomic E-state index is -0.472. The third-order valence-electron chi connectivity index (χ3n) is 2.82. The van der Waals surface area contributed by atoms with E-state index in [0.717, 1.165) is 11.3 Å². The summed E-state index contributed by atoms with van der Waals surface area (Å²) in [6.45, 7) is 3.28. The largest absolute Gasteiger partial charge is 0.479 e. The van der Waals surface area contributed by atoms with Crippen LogP contribution in [0.1, 0.15) is 19.4 Å². The van der Waals surface area contributed by atoms with Gasteiger partial charge in [-0.05, 0) is 31.5 Å². The highest BCUT2D eigenvalue weighted by molar-refractivity contribution is 5.99. The Bertz CT molecular complexity index is 482. The quantitative estimate of drug-likeness (QED) is 0.778. The molecule has 90 valence electrons. The molecule has 0 bridgehead atoms. The van der Waals surface area contributed by atoms with Crippen molar-refractivity contribution in [1.82, 2.24) is 0 Å². The molecule has 0 saturated heterocycles. The maximum absolute atomic E-state index is 11.7. The standard InChI is InChI=1S/C13H15NO3/c1-8(15)6-10-4-5-11-12(7-10)17-9(2)13(16)14(11)3/h4-5,7,9H,6H2,1-3H3. The molecule has 1 amide bonds. The van der Waals surface area contributed by atoms with Crippen molar-refractivity contribution in [2.75, 3.05) is 11.9 Å². The van der Waals surface area contributed by atoms with E-state index in [-0.39, 0.29) is 11.7 Å². The second-order valence-electron chi connectivity index (χ2n) is 4.34. The second kappa shape index (κ2) is 4.20. The van der Waals surface area contributed by atoms with Crippen LogP contribution >= 0.6 is 0 Å². The average Bonchev–Trinajstić information content (AvgIpc) is 2.25. The van der Waals surface area contributed by atoms with Gasteiger partial charge in [-0.25, -0.2) is 0 Å². The first kappa shape index (κ1) is 11.6. The lowest BCUT2D eigenvalue weighted by Crippen LogP contribution is -2.41. The monoisotopic (exact) mass is 233 g/mol. The van der Waals surface area contributed by atoms with Gasteiger partial charge in [-0.3, -0.25) is 9.59 Å². The zero-order valence-corrected chi connectivity index (χ0v) is 10.2. The fourth-order valence-electron chi connectivity index (χ4n) is 1.96. The number of ether oxygens (including phenoxy) is 1. The van der Waals surface area contributed by atoms with Crippen LogP contribution in [0.5, 0.6) is 5.75 Å². The minimum absolute atomic E-state index is 0.0585. The molecule has 1 aliphatic heterocycles. The zero-order valence-electron chi connectivity index (χ0n) is 10.2. The Balaban J connectivity index is 2.36. The first-order valence-corrected chi connectivity index (χ1v) is 5.55. The van der Waals surface area contributed by atoms with E-state index in [4.69, 9.17) is 4.74 Å². The molecule has 0 radical (unpaired) electrons. The summed E-state index contributed by atoms with van der Waals surface area (Å²) >= 11 is 0. The van der Waals surface area contributed by atoms with E-state index in [9.17, 15) is 9.59 Å². The number of hydrogen-bond acceptors (Lipinski definition) is 3. The Morgan fingerprint density at radius 3 is 2.82 bits per heavy atom. The third kappa shape index (κ3) is 2.16. The van der Waals surface area contributed by atoms with Gasteiger partial charge in [0.05, 0.1) is 5.69 Å². The summed E-state index contributed by atoms with van der Waals surface area (Å²) in [6.07, 6.45) is -0.0806. The van der Waals surface area contributed by atoms with Crippen molar-refractivity contribution in [3.8, 4) is 5.75 Å². The number of likely N-dealkylation sites (N-methyl/N-ethyl adjacent to an activating group) is 1. The Hall–Kier alpha value is -1.84. The first-order valence-electron chi connectivity index (χ1n) is 5.55. The van der Waals surface area contributed by atoms with E-state index in [2.05, 4.69) is 0 Å². The number of Topliss-reactive ketones (excluding diaryl/α,β-unsaturated/α-hetero) is 1. The number of anilines is 1. The van der Waals surface area contributed by atoms with Gasteiger partial charge in [0.15, 0.2) is 6.10 Å². The molecule has 0 fully saturated rings. The van der Waals surface area contributed by atoms with E-state index in [0.29, 0.717) is 12.2 Å². The van der Waals surface area contributed by atoms with Crippen LogP contribution in [-0.4, -0.2) is 24.8 Å². The molecule has 1 unspecified atom stereocenters. The number of carbonyl (C=O) groups is 2. The lowest BCUT2D eigenvalue weighted by molar-refractivity contribution is -0.125. The normalized spacial score (nSPS) is 18.6. The maximum atomic E-state index is 11.7. The van der Waals surface area contributed by atoms with Gasteiger partial charge < -0.3 is 9.64 Å². The van der Waals surface area contributed by atoms with Gasteiger partial charge in [-0.15, -0.1) is 0 Å². The summed E-state index contributed by atoms with van der Waals surface area (Å²) in [7, 11) is 1.73. The van der Waals surface area contributed by atoms with Crippen LogP contribution in [0.3, 0.4) is 0 Å². The molecular formula is C13H15NO3. The zero-order chi connectivity index (χ0) is 12.6. The predicted molar refractivity (Wildman–Crippen MR) is 64.3 cm³/mol. The van der Waals surface area contributed by atoms with E-state index in [1.807, 2.05) is 18.2 Å². The van der Waals surface area contributed by atoms with Crippen LogP contribution in [0.2, 0.25) is 0 Å². The number of rotatable bonds is 2. The Morgan fingerprint density at radius 1 is 1.47 bits per heavy atom. The van der Waals surface area contributed by atoms with Crippen LogP contribution < -0.4 is 9.64 Å². The summed E-state index contributed by atoms with van der Waals surface area (Å²) in [5, 5.41) is 0. The summed E-state index contributed by atoms with van der Waals surface area (Å²) in [4.78, 5) is 24.3. The van der Waals surface area contributed by atoms with Gasteiger partial charge >= 0.3 is 0 Å². The fraction of sp³-hybridized carbons (Fsp3) is 0.385. The fourth-order valence-corrected chi connectivity index (χ4v) is 1.96. The lowest BCUT2D eigenvalue weighted by atomic mass is 10.1. The molecule has 0 aliphatic carbocycles. The van der Waals surface area contributed by atoms with E-state index in [1.54, 1.807) is 25.8 Å². The van der Waals surface area contributed by atoms with Crippen molar-refractivity contribution in [2.24, 2.45) is 0 Å². The van der Waals surface area contributed by atoms with Gasteiger partial charge in [-0.1, -0.05) is 6.07 Å². The highest BCUT2D eigenvalue weighted by atomic mass is 16.5. The SMILES string of the molecule is CC(=O)Cc1ccc2c(c1)OC(C)C(=O)N2C. The number of nitrogens with zero attached hydrogens (tertiary/aromatic N) is 1. The van der Waals surface area contributed by atoms with Gasteiger partial charge in [0.1, 0.15) is 11.5 Å². The molecule has 1 aromatic carbocycles. The molecule has 1 aromatic rings. The lowest BCUT2D eigenvalue weighted by Gasteiger charge is -2.30. The summed E-state index contributed by atoms with van der Waals surface area (Å²) in [6, 6.07) is 5.50. The molecule has 1 atom stereocenters. The molecule has 0 spiro atoms. The van der Waals surface area contributed by atoms with Gasteiger partial charge in [0.2, 0.25) is 0 Å². The summed E-state index contributed by atoms with van der Waals surface area (Å²) in [5.41, 5.74) is 1.66. The van der Waals surface area contributed by atoms with Crippen molar-refractivity contribution < 1.29 is 14.3 Å². The Labute approximate surface area is 100 Å². The van der Waals surface area contributed by atoms with Crippen molar-refractivity contribution >= 4 is 17.4 Å². The van der Waals surface area contributed by atoms with E-state index < -0.39 is 6.10 Å². The van der Waals surface area contributed by atoms with Crippen LogP contribution in [0.4, 0.5) is 5.69 Å². The molecule has 0 saturated carbocycles. The molecule has 4 heteroatoms. The molecule has 4 nitrogen and oxygen atoms in total. The number of fused-ring (bicyclic) bond motifs is 1. The number of ketones is 1.